The maximum Gasteiger partial charge on any atom is 0.261 e. The first-order valence-corrected chi connectivity index (χ1v) is 9.10. The zero-order valence-corrected chi connectivity index (χ0v) is 15.0. The molecule has 134 valence electrons. The Kier molecular flexibility index (Phi) is 4.76. The first-order chi connectivity index (χ1) is 13.2. The lowest BCUT2D eigenvalue weighted by molar-refractivity contribution is 0.102. The van der Waals surface area contributed by atoms with Gasteiger partial charge in [0.15, 0.2) is 5.13 Å². The van der Waals surface area contributed by atoms with E-state index in [0.29, 0.717) is 28.4 Å². The van der Waals surface area contributed by atoms with Crippen LogP contribution >= 0.6 is 11.3 Å². The molecule has 0 aliphatic rings. The Hall–Kier alpha value is -3.32. The van der Waals surface area contributed by atoms with Gasteiger partial charge in [0, 0.05) is 23.1 Å². The molecular formula is C20H15FN4OS. The van der Waals surface area contributed by atoms with Crippen LogP contribution in [0.4, 0.5) is 9.52 Å². The van der Waals surface area contributed by atoms with Gasteiger partial charge in [-0.3, -0.25) is 15.2 Å². The molecule has 27 heavy (non-hydrogen) atoms. The van der Waals surface area contributed by atoms with Crippen LogP contribution in [0.5, 0.6) is 0 Å². The Morgan fingerprint density at radius 2 is 1.85 bits per heavy atom. The smallest absolute Gasteiger partial charge is 0.261 e. The van der Waals surface area contributed by atoms with Crippen LogP contribution in [0.1, 0.15) is 20.8 Å². The number of carbonyl (C=O) groups is 1. The van der Waals surface area contributed by atoms with Gasteiger partial charge in [-0.05, 0) is 11.6 Å². The predicted molar refractivity (Wildman–Crippen MR) is 103 cm³/mol. The van der Waals surface area contributed by atoms with Crippen molar-refractivity contribution >= 4 is 22.4 Å². The number of anilines is 1. The summed E-state index contributed by atoms with van der Waals surface area (Å²) >= 11 is 1.32. The van der Waals surface area contributed by atoms with E-state index in [4.69, 9.17) is 0 Å². The fourth-order valence-electron chi connectivity index (χ4n) is 2.72. The van der Waals surface area contributed by atoms with Crippen LogP contribution in [0.2, 0.25) is 0 Å². The van der Waals surface area contributed by atoms with Gasteiger partial charge in [-0.1, -0.05) is 48.5 Å². The summed E-state index contributed by atoms with van der Waals surface area (Å²) in [5.41, 5.74) is 2.56. The summed E-state index contributed by atoms with van der Waals surface area (Å²) in [6, 6.07) is 16.1. The lowest BCUT2D eigenvalue weighted by atomic mass is 10.1. The lowest BCUT2D eigenvalue weighted by Gasteiger charge is -2.03. The molecule has 0 unspecified atom stereocenters. The molecule has 0 spiro atoms. The van der Waals surface area contributed by atoms with E-state index in [0.717, 1.165) is 10.4 Å². The number of aromatic amines is 1. The Bertz CT molecular complexity index is 1070. The third-order valence-corrected chi connectivity index (χ3v) is 4.96. The van der Waals surface area contributed by atoms with E-state index >= 15 is 0 Å². The summed E-state index contributed by atoms with van der Waals surface area (Å²) in [5, 5.41) is 10.1. The number of thiazole rings is 1. The van der Waals surface area contributed by atoms with Crippen LogP contribution in [0.25, 0.3) is 11.3 Å². The second-order valence-electron chi connectivity index (χ2n) is 5.88. The molecule has 0 fully saturated rings. The summed E-state index contributed by atoms with van der Waals surface area (Å²) < 4.78 is 13.8. The van der Waals surface area contributed by atoms with Crippen LogP contribution in [-0.2, 0) is 6.42 Å². The standard InChI is InChI=1S/C20H15FN4OS/c21-17-9-5-4-8-14(17)10-15-11-22-20(27-15)24-19(26)16-12-23-25-18(16)13-6-2-1-3-7-13/h1-9,11-12H,10H2,(H,23,25)(H,22,24,26). The highest BCUT2D eigenvalue weighted by Gasteiger charge is 2.17. The number of nitrogens with zero attached hydrogens (tertiary/aromatic N) is 2. The molecule has 5 nitrogen and oxygen atoms in total. The maximum atomic E-state index is 13.8. The molecule has 0 radical (unpaired) electrons. The highest BCUT2D eigenvalue weighted by atomic mass is 32.1. The number of rotatable bonds is 5. The molecule has 7 heteroatoms. The van der Waals surface area contributed by atoms with Gasteiger partial charge in [0.25, 0.3) is 5.91 Å². The molecule has 0 saturated heterocycles. The van der Waals surface area contributed by atoms with E-state index in [2.05, 4.69) is 20.5 Å². The molecule has 2 aromatic carbocycles. The molecule has 0 atom stereocenters. The highest BCUT2D eigenvalue weighted by Crippen LogP contribution is 2.25. The van der Waals surface area contributed by atoms with Gasteiger partial charge in [-0.2, -0.15) is 5.10 Å². The number of hydrogen-bond acceptors (Lipinski definition) is 4. The van der Waals surface area contributed by atoms with Crippen LogP contribution in [0.3, 0.4) is 0 Å². The third-order valence-electron chi connectivity index (χ3n) is 4.04. The molecule has 2 N–H and O–H groups in total. The van der Waals surface area contributed by atoms with Gasteiger partial charge in [-0.25, -0.2) is 9.37 Å². The van der Waals surface area contributed by atoms with E-state index in [1.807, 2.05) is 30.3 Å². The van der Waals surface area contributed by atoms with E-state index in [1.54, 1.807) is 24.4 Å². The van der Waals surface area contributed by atoms with Crippen molar-refractivity contribution in [2.75, 3.05) is 5.32 Å². The molecule has 0 aliphatic heterocycles. The zero-order valence-electron chi connectivity index (χ0n) is 14.1. The Morgan fingerprint density at radius 1 is 1.07 bits per heavy atom. The Labute approximate surface area is 158 Å². The van der Waals surface area contributed by atoms with Crippen molar-refractivity contribution in [2.24, 2.45) is 0 Å². The van der Waals surface area contributed by atoms with Crippen molar-refractivity contribution in [3.05, 3.63) is 88.8 Å². The highest BCUT2D eigenvalue weighted by molar-refractivity contribution is 7.15. The van der Waals surface area contributed by atoms with Crippen molar-refractivity contribution < 1.29 is 9.18 Å². The van der Waals surface area contributed by atoms with Gasteiger partial charge in [0.05, 0.1) is 17.5 Å². The van der Waals surface area contributed by atoms with Crippen molar-refractivity contribution in [1.29, 1.82) is 0 Å². The molecular weight excluding hydrogens is 363 g/mol. The van der Waals surface area contributed by atoms with Gasteiger partial charge in [0.1, 0.15) is 5.82 Å². The fourth-order valence-corrected chi connectivity index (χ4v) is 3.55. The molecule has 4 aromatic rings. The largest absolute Gasteiger partial charge is 0.298 e. The summed E-state index contributed by atoms with van der Waals surface area (Å²) in [7, 11) is 0. The zero-order chi connectivity index (χ0) is 18.6. The Morgan fingerprint density at radius 3 is 2.67 bits per heavy atom. The number of amides is 1. The van der Waals surface area contributed by atoms with Crippen LogP contribution in [0.15, 0.2) is 67.0 Å². The SMILES string of the molecule is O=C(Nc1ncc(Cc2ccccc2F)s1)c1cn[nH]c1-c1ccccc1. The molecule has 2 heterocycles. The van der Waals surface area contributed by atoms with Crippen LogP contribution < -0.4 is 5.32 Å². The minimum absolute atomic E-state index is 0.248. The van der Waals surface area contributed by atoms with E-state index in [-0.39, 0.29) is 11.7 Å². The summed E-state index contributed by atoms with van der Waals surface area (Å²) in [5.74, 6) is -0.545. The van der Waals surface area contributed by atoms with Gasteiger partial charge < -0.3 is 0 Å². The molecule has 2 aromatic heterocycles. The number of nitrogens with one attached hydrogen (secondary N) is 2. The van der Waals surface area contributed by atoms with Crippen molar-refractivity contribution in [3.63, 3.8) is 0 Å². The van der Waals surface area contributed by atoms with Gasteiger partial charge >= 0.3 is 0 Å². The second-order valence-corrected chi connectivity index (χ2v) is 6.99. The van der Waals surface area contributed by atoms with Crippen LogP contribution in [-0.4, -0.2) is 21.1 Å². The molecule has 0 aliphatic carbocycles. The normalized spacial score (nSPS) is 10.7. The molecule has 0 bridgehead atoms. The number of aromatic nitrogens is 3. The van der Waals surface area contributed by atoms with E-state index in [9.17, 15) is 9.18 Å². The first kappa shape index (κ1) is 17.1. The minimum atomic E-state index is -0.297. The average Bonchev–Trinajstić information content (AvgIpc) is 3.34. The quantitative estimate of drug-likeness (QED) is 0.537. The minimum Gasteiger partial charge on any atom is -0.298 e. The number of carbonyl (C=O) groups excluding carboxylic acids is 1. The molecule has 4 rings (SSSR count). The lowest BCUT2D eigenvalue weighted by Crippen LogP contribution is -2.11. The van der Waals surface area contributed by atoms with Crippen LogP contribution in [0, 0.1) is 5.82 Å². The van der Waals surface area contributed by atoms with E-state index < -0.39 is 0 Å². The molecule has 0 saturated carbocycles. The maximum absolute atomic E-state index is 13.8. The van der Waals surface area contributed by atoms with Crippen molar-refractivity contribution in [3.8, 4) is 11.3 Å². The number of halogens is 1. The topological polar surface area (TPSA) is 70.7 Å². The summed E-state index contributed by atoms with van der Waals surface area (Å²) in [4.78, 5) is 17.7. The first-order valence-electron chi connectivity index (χ1n) is 8.29. The van der Waals surface area contributed by atoms with E-state index in [1.165, 1.54) is 23.6 Å². The Balaban J connectivity index is 1.50. The predicted octanol–water partition coefficient (Wildman–Crippen LogP) is 4.52. The number of hydrogen-bond donors (Lipinski definition) is 2. The average molecular weight is 378 g/mol. The van der Waals surface area contributed by atoms with Crippen molar-refractivity contribution in [2.45, 2.75) is 6.42 Å². The third kappa shape index (κ3) is 3.78. The fraction of sp³-hybridized carbons (Fsp3) is 0.0500. The monoisotopic (exact) mass is 378 g/mol. The summed E-state index contributed by atoms with van der Waals surface area (Å²) in [6.07, 6.45) is 3.58. The molecule has 1 amide bonds. The number of benzene rings is 2. The second kappa shape index (κ2) is 7.51. The van der Waals surface area contributed by atoms with Gasteiger partial charge in [-0.15, -0.1) is 11.3 Å². The van der Waals surface area contributed by atoms with Gasteiger partial charge in [0.2, 0.25) is 0 Å². The van der Waals surface area contributed by atoms with Crippen molar-refractivity contribution in [1.82, 2.24) is 15.2 Å². The summed E-state index contributed by atoms with van der Waals surface area (Å²) in [6.45, 7) is 0. The number of H-pyrrole nitrogens is 1.